The second kappa shape index (κ2) is 5.37. The van der Waals surface area contributed by atoms with Gasteiger partial charge in [0.15, 0.2) is 0 Å². The van der Waals surface area contributed by atoms with Crippen LogP contribution < -0.4 is 0 Å². The number of rotatable bonds is 3. The topological polar surface area (TPSA) is 71.4 Å². The van der Waals surface area contributed by atoms with E-state index in [4.69, 9.17) is 4.55 Å². The summed E-state index contributed by atoms with van der Waals surface area (Å²) in [5.41, 5.74) is 0. The zero-order chi connectivity index (χ0) is 6.62. The van der Waals surface area contributed by atoms with Gasteiger partial charge in [-0.2, -0.15) is 8.42 Å². The maximum absolute atomic E-state index is 9.79. The first kappa shape index (κ1) is 12.3. The van der Waals surface area contributed by atoms with Crippen molar-refractivity contribution in [3.05, 3.63) is 0 Å². The SMILES string of the molecule is O=CCCS(=O)(=O)O.[Na]. The summed E-state index contributed by atoms with van der Waals surface area (Å²) < 4.78 is 27.5. The molecule has 49 valence electrons. The molecule has 6 heteroatoms. The molecular formula is C3H6NaO4S. The first-order valence-corrected chi connectivity index (χ1v) is 3.56. The van der Waals surface area contributed by atoms with E-state index in [0.29, 0.717) is 6.29 Å². The van der Waals surface area contributed by atoms with E-state index in [-0.39, 0.29) is 36.0 Å². The molecule has 0 spiro atoms. The summed E-state index contributed by atoms with van der Waals surface area (Å²) in [7, 11) is -3.92. The van der Waals surface area contributed by atoms with Gasteiger partial charge in [-0.3, -0.25) is 4.55 Å². The van der Waals surface area contributed by atoms with E-state index < -0.39 is 15.9 Å². The van der Waals surface area contributed by atoms with Gasteiger partial charge in [-0.15, -0.1) is 0 Å². The summed E-state index contributed by atoms with van der Waals surface area (Å²) in [5, 5.41) is 0. The van der Waals surface area contributed by atoms with Crippen LogP contribution in [0.5, 0.6) is 0 Å². The van der Waals surface area contributed by atoms with Crippen LogP contribution >= 0.6 is 0 Å². The van der Waals surface area contributed by atoms with Crippen molar-refractivity contribution in [3.63, 3.8) is 0 Å². The molecule has 0 unspecified atom stereocenters. The molecule has 0 rings (SSSR count). The first-order valence-electron chi connectivity index (χ1n) is 1.95. The Morgan fingerprint density at radius 3 is 2.00 bits per heavy atom. The molecule has 0 aromatic carbocycles. The zero-order valence-corrected chi connectivity index (χ0v) is 7.89. The maximum Gasteiger partial charge on any atom is 0.265 e. The third-order valence-electron chi connectivity index (χ3n) is 0.494. The minimum Gasteiger partial charge on any atom is -0.303 e. The minimum absolute atomic E-state index is 0. The fourth-order valence-corrected chi connectivity index (χ4v) is 0.591. The Balaban J connectivity index is 0. The van der Waals surface area contributed by atoms with Gasteiger partial charge in [0.1, 0.15) is 6.29 Å². The second-order valence-corrected chi connectivity index (χ2v) is 2.81. The molecule has 0 fully saturated rings. The van der Waals surface area contributed by atoms with Gasteiger partial charge in [-0.05, 0) is 0 Å². The van der Waals surface area contributed by atoms with Gasteiger partial charge >= 0.3 is 0 Å². The van der Waals surface area contributed by atoms with Gasteiger partial charge in [0.05, 0.1) is 5.75 Å². The third kappa shape index (κ3) is 11.9. The normalized spacial score (nSPS) is 9.89. The van der Waals surface area contributed by atoms with E-state index in [9.17, 15) is 13.2 Å². The van der Waals surface area contributed by atoms with E-state index in [1.807, 2.05) is 0 Å². The largest absolute Gasteiger partial charge is 0.303 e. The molecule has 0 aromatic rings. The van der Waals surface area contributed by atoms with E-state index >= 15 is 0 Å². The predicted octanol–water partition coefficient (Wildman–Crippen LogP) is -0.918. The minimum atomic E-state index is -3.92. The molecule has 0 aliphatic rings. The fraction of sp³-hybridized carbons (Fsp3) is 0.667. The average molecular weight is 161 g/mol. The predicted molar refractivity (Wildman–Crippen MR) is 32.9 cm³/mol. The van der Waals surface area contributed by atoms with Gasteiger partial charge in [-0.1, -0.05) is 0 Å². The molecule has 1 N–H and O–H groups in total. The van der Waals surface area contributed by atoms with Crippen LogP contribution in [0.1, 0.15) is 6.42 Å². The monoisotopic (exact) mass is 161 g/mol. The molecule has 0 saturated heterocycles. The summed E-state index contributed by atoms with van der Waals surface area (Å²) in [6, 6.07) is 0. The number of carbonyl (C=O) groups excluding carboxylic acids is 1. The molecule has 0 bridgehead atoms. The number of carbonyl (C=O) groups is 1. The number of aldehydes is 1. The van der Waals surface area contributed by atoms with E-state index in [1.165, 1.54) is 0 Å². The Morgan fingerprint density at radius 1 is 1.44 bits per heavy atom. The first-order chi connectivity index (χ1) is 3.56. The molecular weight excluding hydrogens is 155 g/mol. The van der Waals surface area contributed by atoms with Crippen molar-refractivity contribution in [1.82, 2.24) is 0 Å². The summed E-state index contributed by atoms with van der Waals surface area (Å²) in [6.07, 6.45) is 0.298. The van der Waals surface area contributed by atoms with Crippen LogP contribution in [0, 0.1) is 0 Å². The molecule has 4 nitrogen and oxygen atoms in total. The molecule has 0 aromatic heterocycles. The third-order valence-corrected chi connectivity index (χ3v) is 1.25. The quantitative estimate of drug-likeness (QED) is 0.330. The Morgan fingerprint density at radius 2 is 1.89 bits per heavy atom. The Bertz CT molecular complexity index is 161. The van der Waals surface area contributed by atoms with Gasteiger partial charge in [0, 0.05) is 36.0 Å². The summed E-state index contributed by atoms with van der Waals surface area (Å²) in [5.74, 6) is -0.476. The fourth-order valence-electron chi connectivity index (χ4n) is 0.197. The van der Waals surface area contributed by atoms with Crippen molar-refractivity contribution in [3.8, 4) is 0 Å². The number of hydrogen-bond donors (Lipinski definition) is 1. The molecule has 0 aliphatic heterocycles. The zero-order valence-electron chi connectivity index (χ0n) is 5.07. The van der Waals surface area contributed by atoms with Gasteiger partial charge in [0.25, 0.3) is 10.1 Å². The summed E-state index contributed by atoms with van der Waals surface area (Å²) >= 11 is 0. The molecule has 0 atom stereocenters. The molecule has 0 amide bonds. The van der Waals surface area contributed by atoms with Crippen molar-refractivity contribution in [2.24, 2.45) is 0 Å². The van der Waals surface area contributed by atoms with Gasteiger partial charge in [0.2, 0.25) is 0 Å². The summed E-state index contributed by atoms with van der Waals surface area (Å²) in [4.78, 5) is 9.48. The average Bonchev–Trinajstić information content (AvgIpc) is 1.59. The van der Waals surface area contributed by atoms with E-state index in [1.54, 1.807) is 0 Å². The molecule has 0 heterocycles. The maximum atomic E-state index is 9.79. The molecule has 1 radical (unpaired) electrons. The molecule has 0 saturated carbocycles. The van der Waals surface area contributed by atoms with E-state index in [0.717, 1.165) is 0 Å². The smallest absolute Gasteiger partial charge is 0.265 e. The van der Waals surface area contributed by atoms with Crippen LogP contribution in [0.3, 0.4) is 0 Å². The van der Waals surface area contributed by atoms with Crippen LogP contribution in [0.25, 0.3) is 0 Å². The Labute approximate surface area is 75.7 Å². The van der Waals surface area contributed by atoms with Crippen molar-refractivity contribution < 1.29 is 17.8 Å². The Hall–Kier alpha value is 0.580. The van der Waals surface area contributed by atoms with Crippen LogP contribution in [0.4, 0.5) is 0 Å². The molecule has 0 aliphatic carbocycles. The van der Waals surface area contributed by atoms with Crippen molar-refractivity contribution in [2.75, 3.05) is 5.75 Å². The number of hydrogen-bond acceptors (Lipinski definition) is 3. The van der Waals surface area contributed by atoms with Gasteiger partial charge < -0.3 is 4.79 Å². The van der Waals surface area contributed by atoms with Crippen LogP contribution in [-0.4, -0.2) is 54.6 Å². The summed E-state index contributed by atoms with van der Waals surface area (Å²) in [6.45, 7) is 0. The molecule has 9 heavy (non-hydrogen) atoms. The van der Waals surface area contributed by atoms with Crippen molar-refractivity contribution >= 4 is 46.0 Å². The standard InChI is InChI=1S/C3H6O4S.Na/c4-2-1-3-8(5,6)7;/h2H,1,3H2,(H,5,6,7);. The van der Waals surface area contributed by atoms with Crippen LogP contribution in [0.2, 0.25) is 0 Å². The van der Waals surface area contributed by atoms with Gasteiger partial charge in [-0.25, -0.2) is 0 Å². The van der Waals surface area contributed by atoms with Crippen LogP contribution in [-0.2, 0) is 14.9 Å². The van der Waals surface area contributed by atoms with Crippen molar-refractivity contribution in [1.29, 1.82) is 0 Å². The van der Waals surface area contributed by atoms with E-state index in [2.05, 4.69) is 0 Å². The second-order valence-electron chi connectivity index (χ2n) is 1.24. The van der Waals surface area contributed by atoms with Crippen LogP contribution in [0.15, 0.2) is 0 Å². The van der Waals surface area contributed by atoms with Crippen molar-refractivity contribution in [2.45, 2.75) is 6.42 Å². The Kier molecular flexibility index (Phi) is 7.33.